The topological polar surface area (TPSA) is 35.8 Å². The molecule has 1 N–H and O–H groups in total. The van der Waals surface area contributed by atoms with Crippen molar-refractivity contribution in [1.29, 1.82) is 5.26 Å². The highest BCUT2D eigenvalue weighted by Crippen LogP contribution is 1.86. The standard InChI is InChI=1S/C8H14N2/c1-3-8(2)10-7-5-4-6-9/h3,8,10H,1,4-5,7H2,2H3. The quantitative estimate of drug-likeness (QED) is 0.461. The Bertz CT molecular complexity index is 124. The Labute approximate surface area is 62.5 Å². The summed E-state index contributed by atoms with van der Waals surface area (Å²) < 4.78 is 0. The molecular formula is C8H14N2. The van der Waals surface area contributed by atoms with E-state index in [9.17, 15) is 0 Å². The van der Waals surface area contributed by atoms with E-state index < -0.39 is 0 Å². The van der Waals surface area contributed by atoms with E-state index in [2.05, 4.69) is 18.0 Å². The molecule has 0 saturated carbocycles. The van der Waals surface area contributed by atoms with Crippen LogP contribution in [0.1, 0.15) is 19.8 Å². The first-order valence-corrected chi connectivity index (χ1v) is 3.54. The van der Waals surface area contributed by atoms with Crippen LogP contribution in [-0.4, -0.2) is 12.6 Å². The number of nitrogens with zero attached hydrogens (tertiary/aromatic N) is 1. The summed E-state index contributed by atoms with van der Waals surface area (Å²) in [5.74, 6) is 0. The highest BCUT2D eigenvalue weighted by atomic mass is 14.9. The van der Waals surface area contributed by atoms with Gasteiger partial charge in [-0.1, -0.05) is 6.08 Å². The molecule has 0 radical (unpaired) electrons. The van der Waals surface area contributed by atoms with Crippen molar-refractivity contribution in [2.75, 3.05) is 6.54 Å². The molecule has 0 amide bonds. The van der Waals surface area contributed by atoms with Crippen molar-refractivity contribution >= 4 is 0 Å². The molecule has 0 aliphatic rings. The number of hydrogen-bond donors (Lipinski definition) is 1. The van der Waals surface area contributed by atoms with Gasteiger partial charge < -0.3 is 5.32 Å². The van der Waals surface area contributed by atoms with Gasteiger partial charge in [0, 0.05) is 12.5 Å². The second-order valence-corrected chi connectivity index (χ2v) is 2.24. The van der Waals surface area contributed by atoms with Gasteiger partial charge in [0.2, 0.25) is 0 Å². The minimum absolute atomic E-state index is 0.360. The zero-order chi connectivity index (χ0) is 7.82. The zero-order valence-corrected chi connectivity index (χ0v) is 6.43. The molecule has 0 rings (SSSR count). The minimum Gasteiger partial charge on any atom is -0.311 e. The highest BCUT2D eigenvalue weighted by Gasteiger charge is 1.91. The molecule has 2 nitrogen and oxygen atoms in total. The predicted molar refractivity (Wildman–Crippen MR) is 42.5 cm³/mol. The predicted octanol–water partition coefficient (Wildman–Crippen LogP) is 1.45. The van der Waals surface area contributed by atoms with Crippen molar-refractivity contribution in [3.63, 3.8) is 0 Å². The Hall–Kier alpha value is -0.810. The van der Waals surface area contributed by atoms with E-state index >= 15 is 0 Å². The van der Waals surface area contributed by atoms with Crippen molar-refractivity contribution in [2.45, 2.75) is 25.8 Å². The summed E-state index contributed by atoms with van der Waals surface area (Å²) in [5.41, 5.74) is 0. The van der Waals surface area contributed by atoms with Crippen LogP contribution in [0.15, 0.2) is 12.7 Å². The average molecular weight is 138 g/mol. The van der Waals surface area contributed by atoms with Gasteiger partial charge in [-0.3, -0.25) is 0 Å². The maximum Gasteiger partial charge on any atom is 0.0622 e. The van der Waals surface area contributed by atoms with Crippen molar-refractivity contribution in [2.24, 2.45) is 0 Å². The molecule has 0 spiro atoms. The minimum atomic E-state index is 0.360. The summed E-state index contributed by atoms with van der Waals surface area (Å²) in [6.45, 7) is 6.58. The molecule has 0 aromatic heterocycles. The van der Waals surface area contributed by atoms with E-state index in [1.807, 2.05) is 13.0 Å². The molecule has 0 aliphatic heterocycles. The molecule has 2 heteroatoms. The lowest BCUT2D eigenvalue weighted by atomic mass is 10.3. The van der Waals surface area contributed by atoms with E-state index in [-0.39, 0.29) is 0 Å². The van der Waals surface area contributed by atoms with Gasteiger partial charge in [0.15, 0.2) is 0 Å². The van der Waals surface area contributed by atoms with Crippen LogP contribution in [0.2, 0.25) is 0 Å². The van der Waals surface area contributed by atoms with E-state index in [4.69, 9.17) is 5.26 Å². The van der Waals surface area contributed by atoms with Crippen LogP contribution in [0.25, 0.3) is 0 Å². The van der Waals surface area contributed by atoms with Gasteiger partial charge in [-0.25, -0.2) is 0 Å². The highest BCUT2D eigenvalue weighted by molar-refractivity contribution is 4.81. The third-order valence-electron chi connectivity index (χ3n) is 1.29. The first kappa shape index (κ1) is 9.19. The maximum absolute atomic E-state index is 8.19. The summed E-state index contributed by atoms with van der Waals surface area (Å²) >= 11 is 0. The molecule has 0 aromatic rings. The van der Waals surface area contributed by atoms with Crippen LogP contribution in [0.3, 0.4) is 0 Å². The van der Waals surface area contributed by atoms with E-state index in [1.165, 1.54) is 0 Å². The number of hydrogen-bond acceptors (Lipinski definition) is 2. The van der Waals surface area contributed by atoms with Crippen LogP contribution >= 0.6 is 0 Å². The summed E-state index contributed by atoms with van der Waals surface area (Å²) in [6, 6.07) is 2.45. The molecule has 0 fully saturated rings. The largest absolute Gasteiger partial charge is 0.311 e. The Balaban J connectivity index is 3.05. The van der Waals surface area contributed by atoms with Gasteiger partial charge in [-0.2, -0.15) is 5.26 Å². The molecule has 56 valence electrons. The van der Waals surface area contributed by atoms with Crippen molar-refractivity contribution < 1.29 is 0 Å². The van der Waals surface area contributed by atoms with Crippen LogP contribution < -0.4 is 5.32 Å². The summed E-state index contributed by atoms with van der Waals surface area (Å²) in [5, 5.41) is 11.4. The van der Waals surface area contributed by atoms with Gasteiger partial charge in [0.05, 0.1) is 6.07 Å². The van der Waals surface area contributed by atoms with Gasteiger partial charge in [-0.15, -0.1) is 6.58 Å². The lowest BCUT2D eigenvalue weighted by Crippen LogP contribution is -2.24. The Morgan fingerprint density at radius 3 is 3.00 bits per heavy atom. The third kappa shape index (κ3) is 5.33. The van der Waals surface area contributed by atoms with Crippen molar-refractivity contribution in [3.8, 4) is 6.07 Å². The van der Waals surface area contributed by atoms with Crippen molar-refractivity contribution in [3.05, 3.63) is 12.7 Å². The first-order valence-electron chi connectivity index (χ1n) is 3.54. The number of rotatable bonds is 5. The van der Waals surface area contributed by atoms with Crippen molar-refractivity contribution in [1.82, 2.24) is 5.32 Å². The molecular weight excluding hydrogens is 124 g/mol. The molecule has 1 unspecified atom stereocenters. The summed E-state index contributed by atoms with van der Waals surface area (Å²) in [6.07, 6.45) is 3.41. The van der Waals surface area contributed by atoms with E-state index in [0.717, 1.165) is 13.0 Å². The fourth-order valence-corrected chi connectivity index (χ4v) is 0.581. The second kappa shape index (κ2) is 6.31. The molecule has 0 saturated heterocycles. The van der Waals surface area contributed by atoms with E-state index in [0.29, 0.717) is 12.5 Å². The Kier molecular flexibility index (Phi) is 5.80. The van der Waals surface area contributed by atoms with Crippen LogP contribution in [0.5, 0.6) is 0 Å². The smallest absolute Gasteiger partial charge is 0.0622 e. The lowest BCUT2D eigenvalue weighted by Gasteiger charge is -2.06. The summed E-state index contributed by atoms with van der Waals surface area (Å²) in [4.78, 5) is 0. The fourth-order valence-electron chi connectivity index (χ4n) is 0.581. The third-order valence-corrected chi connectivity index (χ3v) is 1.29. The molecule has 0 aromatic carbocycles. The fraction of sp³-hybridized carbons (Fsp3) is 0.625. The monoisotopic (exact) mass is 138 g/mol. The normalized spacial score (nSPS) is 12.0. The Morgan fingerprint density at radius 1 is 1.80 bits per heavy atom. The van der Waals surface area contributed by atoms with Gasteiger partial charge in [-0.05, 0) is 19.9 Å². The number of unbranched alkanes of at least 4 members (excludes halogenated alkanes) is 1. The van der Waals surface area contributed by atoms with Crippen LogP contribution in [0, 0.1) is 11.3 Å². The summed E-state index contributed by atoms with van der Waals surface area (Å²) in [7, 11) is 0. The van der Waals surface area contributed by atoms with E-state index in [1.54, 1.807) is 0 Å². The SMILES string of the molecule is C=CC(C)NCCCC#N. The average Bonchev–Trinajstić information content (AvgIpc) is 1.98. The van der Waals surface area contributed by atoms with Gasteiger partial charge in [0.25, 0.3) is 0 Å². The number of nitriles is 1. The first-order chi connectivity index (χ1) is 4.81. The zero-order valence-electron chi connectivity index (χ0n) is 6.43. The number of nitrogens with one attached hydrogen (secondary N) is 1. The van der Waals surface area contributed by atoms with Crippen LogP contribution in [0.4, 0.5) is 0 Å². The second-order valence-electron chi connectivity index (χ2n) is 2.24. The lowest BCUT2D eigenvalue weighted by molar-refractivity contribution is 0.612. The molecule has 0 aliphatic carbocycles. The molecule has 0 heterocycles. The Morgan fingerprint density at radius 2 is 2.50 bits per heavy atom. The van der Waals surface area contributed by atoms with Gasteiger partial charge in [0.1, 0.15) is 0 Å². The molecule has 10 heavy (non-hydrogen) atoms. The maximum atomic E-state index is 8.19. The van der Waals surface area contributed by atoms with Crippen LogP contribution in [-0.2, 0) is 0 Å². The van der Waals surface area contributed by atoms with Gasteiger partial charge >= 0.3 is 0 Å². The molecule has 0 bridgehead atoms. The molecule has 1 atom stereocenters.